The Balaban J connectivity index is 3.60. The second kappa shape index (κ2) is 4.43. The topological polar surface area (TPSA) is 0 Å². The van der Waals surface area contributed by atoms with Gasteiger partial charge in [-0.05, 0) is 13.8 Å². The van der Waals surface area contributed by atoms with Crippen LogP contribution in [0.2, 0.25) is 13.6 Å². The van der Waals surface area contributed by atoms with Crippen LogP contribution in [0.3, 0.4) is 0 Å². The molecule has 9 heavy (non-hydrogen) atoms. The summed E-state index contributed by atoms with van der Waals surface area (Å²) in [6.45, 7) is 9.22. The van der Waals surface area contributed by atoms with Gasteiger partial charge in [0.15, 0.2) is 6.71 Å². The number of hydrogen-bond acceptors (Lipinski definition) is 0. The van der Waals surface area contributed by atoms with E-state index >= 15 is 0 Å². The molecule has 0 amide bonds. The first kappa shape index (κ1) is 8.54. The van der Waals surface area contributed by atoms with Gasteiger partial charge in [-0.3, -0.25) is 0 Å². The monoisotopic (exact) mass is 122 g/mol. The summed E-state index contributed by atoms with van der Waals surface area (Å²) >= 11 is 0. The first-order chi connectivity index (χ1) is 4.13. The molecular weight excluding hydrogens is 107 g/mol. The van der Waals surface area contributed by atoms with Crippen molar-refractivity contribution >= 4 is 6.71 Å². The van der Waals surface area contributed by atoms with Crippen molar-refractivity contribution < 1.29 is 0 Å². The van der Waals surface area contributed by atoms with E-state index in [1.54, 1.807) is 0 Å². The molecule has 0 aliphatic heterocycles. The Bertz CT molecular complexity index is 117. The van der Waals surface area contributed by atoms with Crippen LogP contribution in [0.1, 0.15) is 13.8 Å². The zero-order valence-electron chi connectivity index (χ0n) is 6.81. The minimum atomic E-state index is 0.667. The maximum Gasteiger partial charge on any atom is 0.160 e. The van der Waals surface area contributed by atoms with Gasteiger partial charge in [-0.25, -0.2) is 0 Å². The molecule has 0 saturated carbocycles. The maximum atomic E-state index is 2.19. The molecule has 0 radical (unpaired) electrons. The second-order valence-electron chi connectivity index (χ2n) is 2.87. The fourth-order valence-electron chi connectivity index (χ4n) is 0.470. The summed E-state index contributed by atoms with van der Waals surface area (Å²) in [4.78, 5) is 0. The van der Waals surface area contributed by atoms with Gasteiger partial charge in [0.2, 0.25) is 0 Å². The van der Waals surface area contributed by atoms with Crippen LogP contribution in [-0.2, 0) is 0 Å². The lowest BCUT2D eigenvalue weighted by atomic mass is 9.55. The molecule has 0 aromatic carbocycles. The summed E-state index contributed by atoms with van der Waals surface area (Å²) in [6, 6.07) is 0. The van der Waals surface area contributed by atoms with Crippen LogP contribution in [0.25, 0.3) is 0 Å². The molecule has 0 heterocycles. The van der Waals surface area contributed by atoms with Gasteiger partial charge in [-0.15, -0.1) is 5.98 Å². The highest BCUT2D eigenvalue weighted by Gasteiger charge is 1.85. The van der Waals surface area contributed by atoms with Crippen LogP contribution in [-0.4, -0.2) is 6.71 Å². The molecule has 0 nitrogen and oxygen atoms in total. The molecule has 0 spiro atoms. The molecule has 0 aliphatic rings. The Morgan fingerprint density at radius 2 is 1.78 bits per heavy atom. The van der Waals surface area contributed by atoms with Gasteiger partial charge in [0.1, 0.15) is 0 Å². The smallest absolute Gasteiger partial charge is 0.116 e. The summed E-state index contributed by atoms with van der Waals surface area (Å²) in [5, 5.41) is 0. The lowest BCUT2D eigenvalue weighted by Crippen LogP contribution is -1.91. The average molecular weight is 122 g/mol. The minimum absolute atomic E-state index is 0.667. The van der Waals surface area contributed by atoms with Crippen LogP contribution in [0.15, 0.2) is 23.7 Å². The first-order valence-corrected chi connectivity index (χ1v) is 3.44. The lowest BCUT2D eigenvalue weighted by molar-refractivity contribution is 1.39. The maximum absolute atomic E-state index is 2.19. The molecule has 0 aliphatic carbocycles. The van der Waals surface area contributed by atoms with E-state index in [-0.39, 0.29) is 0 Å². The Morgan fingerprint density at radius 1 is 1.22 bits per heavy atom. The van der Waals surface area contributed by atoms with Gasteiger partial charge in [-0.1, -0.05) is 31.4 Å². The van der Waals surface area contributed by atoms with E-state index < -0.39 is 0 Å². The number of hydrogen-bond donors (Lipinski definition) is 0. The lowest BCUT2D eigenvalue weighted by Gasteiger charge is -1.85. The third-order valence-electron chi connectivity index (χ3n) is 0.926. The van der Waals surface area contributed by atoms with Gasteiger partial charge < -0.3 is 0 Å². The van der Waals surface area contributed by atoms with E-state index in [4.69, 9.17) is 0 Å². The standard InChI is InChI=1S/C8H15B/c1-8(2)6-5-7-9(3)4/h5-7H,1-4H3. The van der Waals surface area contributed by atoms with E-state index in [9.17, 15) is 0 Å². The quantitative estimate of drug-likeness (QED) is 0.390. The van der Waals surface area contributed by atoms with Gasteiger partial charge >= 0.3 is 0 Å². The molecule has 0 unspecified atom stereocenters. The predicted octanol–water partition coefficient (Wildman–Crippen LogP) is 2.80. The Kier molecular flexibility index (Phi) is 4.20. The highest BCUT2D eigenvalue weighted by atomic mass is 13.7. The molecule has 0 aromatic heterocycles. The summed E-state index contributed by atoms with van der Waals surface area (Å²) in [5.74, 6) is 2.19. The van der Waals surface area contributed by atoms with Crippen molar-refractivity contribution in [3.05, 3.63) is 23.7 Å². The van der Waals surface area contributed by atoms with Crippen LogP contribution >= 0.6 is 0 Å². The van der Waals surface area contributed by atoms with Crippen LogP contribution < -0.4 is 0 Å². The van der Waals surface area contributed by atoms with Crippen molar-refractivity contribution in [1.82, 2.24) is 0 Å². The SMILES string of the molecule is CB(C)C=CC=C(C)C. The molecule has 0 atom stereocenters. The van der Waals surface area contributed by atoms with Crippen molar-refractivity contribution in [2.45, 2.75) is 27.5 Å². The van der Waals surface area contributed by atoms with Crippen molar-refractivity contribution in [3.63, 3.8) is 0 Å². The van der Waals surface area contributed by atoms with E-state index in [2.05, 4.69) is 45.6 Å². The van der Waals surface area contributed by atoms with E-state index in [1.807, 2.05) is 0 Å². The highest BCUT2D eigenvalue weighted by molar-refractivity contribution is 6.61. The van der Waals surface area contributed by atoms with Crippen LogP contribution in [0.4, 0.5) is 0 Å². The first-order valence-electron chi connectivity index (χ1n) is 3.44. The second-order valence-corrected chi connectivity index (χ2v) is 2.87. The highest BCUT2D eigenvalue weighted by Crippen LogP contribution is 1.90. The third kappa shape index (κ3) is 7.54. The normalized spacial score (nSPS) is 9.78. The fourth-order valence-corrected chi connectivity index (χ4v) is 0.470. The summed E-state index contributed by atoms with van der Waals surface area (Å²) in [7, 11) is 0. The van der Waals surface area contributed by atoms with E-state index in [0.29, 0.717) is 6.71 Å². The molecular formula is C8H15B. The molecule has 1 heteroatoms. The predicted molar refractivity (Wildman–Crippen MR) is 46.1 cm³/mol. The van der Waals surface area contributed by atoms with Crippen molar-refractivity contribution in [3.8, 4) is 0 Å². The van der Waals surface area contributed by atoms with Gasteiger partial charge in [0, 0.05) is 0 Å². The minimum Gasteiger partial charge on any atom is -0.116 e. The van der Waals surface area contributed by atoms with Gasteiger partial charge in [0.05, 0.1) is 0 Å². The number of rotatable bonds is 2. The number of allylic oxidation sites excluding steroid dienone is 3. The molecule has 0 aromatic rings. The summed E-state index contributed by atoms with van der Waals surface area (Å²) in [6.07, 6.45) is 4.24. The summed E-state index contributed by atoms with van der Waals surface area (Å²) < 4.78 is 0. The van der Waals surface area contributed by atoms with E-state index in [1.165, 1.54) is 5.57 Å². The zero-order valence-corrected chi connectivity index (χ0v) is 6.81. The van der Waals surface area contributed by atoms with Crippen molar-refractivity contribution in [2.24, 2.45) is 0 Å². The Hall–Kier alpha value is -0.455. The molecule has 0 fully saturated rings. The Morgan fingerprint density at radius 3 is 2.11 bits per heavy atom. The van der Waals surface area contributed by atoms with Crippen LogP contribution in [0.5, 0.6) is 0 Å². The molecule has 0 bridgehead atoms. The molecule has 50 valence electrons. The fraction of sp³-hybridized carbons (Fsp3) is 0.500. The van der Waals surface area contributed by atoms with Gasteiger partial charge in [-0.2, -0.15) is 0 Å². The van der Waals surface area contributed by atoms with Crippen molar-refractivity contribution in [2.75, 3.05) is 0 Å². The Labute approximate surface area is 58.7 Å². The van der Waals surface area contributed by atoms with Crippen LogP contribution in [0, 0.1) is 0 Å². The van der Waals surface area contributed by atoms with Crippen molar-refractivity contribution in [1.29, 1.82) is 0 Å². The van der Waals surface area contributed by atoms with Gasteiger partial charge in [0.25, 0.3) is 0 Å². The third-order valence-corrected chi connectivity index (χ3v) is 0.926. The van der Waals surface area contributed by atoms with E-state index in [0.717, 1.165) is 0 Å². The molecule has 0 saturated heterocycles. The summed E-state index contributed by atoms with van der Waals surface area (Å²) in [5.41, 5.74) is 1.35. The molecule has 0 N–H and O–H groups in total. The largest absolute Gasteiger partial charge is 0.160 e. The zero-order chi connectivity index (χ0) is 7.28. The molecule has 0 rings (SSSR count). The average Bonchev–Trinajstić information content (AvgIpc) is 1.63.